The zero-order chi connectivity index (χ0) is 22.5. The molecule has 7 nitrogen and oxygen atoms in total. The minimum Gasteiger partial charge on any atom is -0.376 e. The van der Waals surface area contributed by atoms with Crippen LogP contribution in [0.5, 0.6) is 0 Å². The standard InChI is InChI=1S/C26H25N5O2/c1-16-9-11-18(12-10-16)14-30-17(2)27-24-22(26(30)32)23-25(31(24)15-19-6-5-13-33-19)29-21-8-4-3-7-20(21)28-23/h3-4,7-12,19H,5-6,13-15H2,1-2H3. The Labute approximate surface area is 190 Å². The Morgan fingerprint density at radius 1 is 0.939 bits per heavy atom. The third-order valence-corrected chi connectivity index (χ3v) is 6.51. The summed E-state index contributed by atoms with van der Waals surface area (Å²) in [5.74, 6) is 0.675. The number of rotatable bonds is 4. The molecule has 5 aromatic rings. The Kier molecular flexibility index (Phi) is 4.73. The molecule has 4 heterocycles. The fourth-order valence-electron chi connectivity index (χ4n) is 4.72. The van der Waals surface area contributed by atoms with Crippen molar-refractivity contribution in [3.63, 3.8) is 0 Å². The van der Waals surface area contributed by atoms with Gasteiger partial charge in [0, 0.05) is 6.61 Å². The summed E-state index contributed by atoms with van der Waals surface area (Å²) in [6.45, 7) is 5.79. The third-order valence-electron chi connectivity index (χ3n) is 6.51. The van der Waals surface area contributed by atoms with Gasteiger partial charge in [-0.25, -0.2) is 15.0 Å². The van der Waals surface area contributed by atoms with Gasteiger partial charge in [0.05, 0.1) is 30.2 Å². The number of ether oxygens (including phenoxy) is 1. The van der Waals surface area contributed by atoms with Crippen LogP contribution in [-0.2, 0) is 17.8 Å². The first-order valence-corrected chi connectivity index (χ1v) is 11.4. The van der Waals surface area contributed by atoms with Gasteiger partial charge in [-0.2, -0.15) is 0 Å². The number of aryl methyl sites for hydroxylation is 2. The van der Waals surface area contributed by atoms with Crippen LogP contribution in [0.2, 0.25) is 0 Å². The second-order valence-electron chi connectivity index (χ2n) is 8.86. The van der Waals surface area contributed by atoms with Crippen LogP contribution < -0.4 is 5.56 Å². The molecule has 0 aliphatic carbocycles. The number of para-hydroxylation sites is 2. The first-order chi connectivity index (χ1) is 16.1. The predicted octanol–water partition coefficient (Wildman–Crippen LogP) is 4.14. The Morgan fingerprint density at radius 2 is 1.70 bits per heavy atom. The Balaban J connectivity index is 1.61. The number of aromatic nitrogens is 5. The van der Waals surface area contributed by atoms with Gasteiger partial charge in [0.1, 0.15) is 16.7 Å². The molecule has 1 atom stereocenters. The van der Waals surface area contributed by atoms with E-state index in [-0.39, 0.29) is 11.7 Å². The molecule has 6 rings (SSSR count). The highest BCUT2D eigenvalue weighted by atomic mass is 16.5. The van der Waals surface area contributed by atoms with Crippen LogP contribution in [0.25, 0.3) is 33.2 Å². The highest BCUT2D eigenvalue weighted by molar-refractivity contribution is 6.04. The summed E-state index contributed by atoms with van der Waals surface area (Å²) in [6.07, 6.45) is 2.13. The van der Waals surface area contributed by atoms with Crippen molar-refractivity contribution in [2.75, 3.05) is 6.61 Å². The average Bonchev–Trinajstić information content (AvgIpc) is 3.43. The summed E-state index contributed by atoms with van der Waals surface area (Å²) in [5, 5.41) is 0.527. The number of nitrogens with zero attached hydrogens (tertiary/aromatic N) is 5. The molecule has 1 saturated heterocycles. The average molecular weight is 440 g/mol. The van der Waals surface area contributed by atoms with Crippen LogP contribution >= 0.6 is 0 Å². The van der Waals surface area contributed by atoms with Crippen LogP contribution in [-0.4, -0.2) is 36.8 Å². The van der Waals surface area contributed by atoms with Crippen molar-refractivity contribution in [3.05, 3.63) is 75.8 Å². The number of benzene rings is 2. The molecule has 0 N–H and O–H groups in total. The zero-order valence-electron chi connectivity index (χ0n) is 18.8. The maximum Gasteiger partial charge on any atom is 0.265 e. The Hall–Kier alpha value is -3.58. The third kappa shape index (κ3) is 3.40. The van der Waals surface area contributed by atoms with Crippen molar-refractivity contribution in [2.24, 2.45) is 0 Å². The molecule has 1 unspecified atom stereocenters. The van der Waals surface area contributed by atoms with Gasteiger partial charge in [-0.05, 0) is 44.4 Å². The van der Waals surface area contributed by atoms with Crippen molar-refractivity contribution < 1.29 is 4.74 Å². The number of hydrogen-bond donors (Lipinski definition) is 0. The molecule has 3 aromatic heterocycles. The molecule has 0 radical (unpaired) electrons. The molecule has 0 amide bonds. The van der Waals surface area contributed by atoms with Crippen LogP contribution in [0.1, 0.15) is 29.8 Å². The van der Waals surface area contributed by atoms with Crippen LogP contribution in [0.3, 0.4) is 0 Å². The summed E-state index contributed by atoms with van der Waals surface area (Å²) in [6, 6.07) is 16.0. The van der Waals surface area contributed by atoms with E-state index in [0.717, 1.165) is 36.0 Å². The molecule has 1 fully saturated rings. The van der Waals surface area contributed by atoms with E-state index in [2.05, 4.69) is 31.2 Å². The second kappa shape index (κ2) is 7.78. The molecule has 0 spiro atoms. The second-order valence-corrected chi connectivity index (χ2v) is 8.86. The lowest BCUT2D eigenvalue weighted by molar-refractivity contribution is 0.0987. The molecule has 166 valence electrons. The van der Waals surface area contributed by atoms with Gasteiger partial charge in [0.25, 0.3) is 5.56 Å². The number of fused-ring (bicyclic) bond motifs is 4. The molecule has 1 aliphatic heterocycles. The first-order valence-electron chi connectivity index (χ1n) is 11.4. The molecule has 33 heavy (non-hydrogen) atoms. The van der Waals surface area contributed by atoms with Crippen molar-refractivity contribution in [2.45, 2.75) is 45.9 Å². The first kappa shape index (κ1) is 20.1. The maximum atomic E-state index is 13.8. The lowest BCUT2D eigenvalue weighted by Crippen LogP contribution is -2.25. The summed E-state index contributed by atoms with van der Waals surface area (Å²) >= 11 is 0. The summed E-state index contributed by atoms with van der Waals surface area (Å²) in [7, 11) is 0. The summed E-state index contributed by atoms with van der Waals surface area (Å²) in [4.78, 5) is 28.5. The van der Waals surface area contributed by atoms with Gasteiger partial charge < -0.3 is 9.30 Å². The molecule has 0 bridgehead atoms. The quantitative estimate of drug-likeness (QED) is 0.421. The maximum absolute atomic E-state index is 13.8. The molecule has 2 aromatic carbocycles. The molecular weight excluding hydrogens is 414 g/mol. The lowest BCUT2D eigenvalue weighted by Gasteiger charge is -2.13. The van der Waals surface area contributed by atoms with Crippen molar-refractivity contribution in [1.82, 2.24) is 24.1 Å². The SMILES string of the molecule is Cc1ccc(Cn2c(C)nc3c(c2=O)c2nc4ccccc4nc2n3CC2CCCO2)cc1. The molecule has 7 heteroatoms. The van der Waals surface area contributed by atoms with E-state index in [1.54, 1.807) is 4.57 Å². The van der Waals surface area contributed by atoms with Gasteiger partial charge in [-0.15, -0.1) is 0 Å². The molecule has 1 aliphatic rings. The Bertz CT molecular complexity index is 1560. The smallest absolute Gasteiger partial charge is 0.265 e. The highest BCUT2D eigenvalue weighted by Gasteiger charge is 2.24. The van der Waals surface area contributed by atoms with Gasteiger partial charge in [-0.1, -0.05) is 42.0 Å². The molecular formula is C26H25N5O2. The fourth-order valence-corrected chi connectivity index (χ4v) is 4.72. The number of hydrogen-bond acceptors (Lipinski definition) is 5. The van der Waals surface area contributed by atoms with E-state index in [4.69, 9.17) is 19.7 Å². The van der Waals surface area contributed by atoms with E-state index in [9.17, 15) is 4.79 Å². The minimum absolute atomic E-state index is 0.0845. The van der Waals surface area contributed by atoms with Crippen molar-refractivity contribution in [3.8, 4) is 0 Å². The summed E-state index contributed by atoms with van der Waals surface area (Å²) < 4.78 is 9.67. The monoisotopic (exact) mass is 439 g/mol. The van der Waals surface area contributed by atoms with E-state index in [1.165, 1.54) is 5.56 Å². The van der Waals surface area contributed by atoms with Crippen LogP contribution in [0.15, 0.2) is 53.3 Å². The van der Waals surface area contributed by atoms with Crippen molar-refractivity contribution in [1.29, 1.82) is 0 Å². The van der Waals surface area contributed by atoms with E-state index in [0.29, 0.717) is 41.1 Å². The van der Waals surface area contributed by atoms with Gasteiger partial charge >= 0.3 is 0 Å². The van der Waals surface area contributed by atoms with E-state index in [1.807, 2.05) is 35.8 Å². The van der Waals surface area contributed by atoms with Crippen LogP contribution in [0, 0.1) is 13.8 Å². The zero-order valence-corrected chi connectivity index (χ0v) is 18.8. The van der Waals surface area contributed by atoms with E-state index < -0.39 is 0 Å². The normalized spacial score (nSPS) is 16.4. The van der Waals surface area contributed by atoms with Gasteiger partial charge in [-0.3, -0.25) is 9.36 Å². The van der Waals surface area contributed by atoms with Crippen LogP contribution in [0.4, 0.5) is 0 Å². The largest absolute Gasteiger partial charge is 0.376 e. The molecule has 0 saturated carbocycles. The minimum atomic E-state index is -0.0845. The lowest BCUT2D eigenvalue weighted by atomic mass is 10.1. The van der Waals surface area contributed by atoms with E-state index >= 15 is 0 Å². The fraction of sp³-hybridized carbons (Fsp3) is 0.308. The van der Waals surface area contributed by atoms with Gasteiger partial charge in [0.2, 0.25) is 0 Å². The highest BCUT2D eigenvalue weighted by Crippen LogP contribution is 2.27. The Morgan fingerprint density at radius 3 is 2.42 bits per heavy atom. The van der Waals surface area contributed by atoms with Gasteiger partial charge in [0.15, 0.2) is 11.3 Å². The topological polar surface area (TPSA) is 74.8 Å². The predicted molar refractivity (Wildman–Crippen MR) is 129 cm³/mol. The summed E-state index contributed by atoms with van der Waals surface area (Å²) in [5.41, 5.74) is 5.68. The van der Waals surface area contributed by atoms with Crippen molar-refractivity contribution >= 4 is 33.2 Å².